The number of hydrogen-bond acceptors (Lipinski definition) is 6. The van der Waals surface area contributed by atoms with Crippen LogP contribution in [0.1, 0.15) is 27.9 Å². The second-order valence-electron chi connectivity index (χ2n) is 9.21. The van der Waals surface area contributed by atoms with E-state index in [-0.39, 0.29) is 31.9 Å². The first kappa shape index (κ1) is 27.6. The van der Waals surface area contributed by atoms with Gasteiger partial charge in [-0.2, -0.15) is 0 Å². The predicted molar refractivity (Wildman–Crippen MR) is 145 cm³/mol. The van der Waals surface area contributed by atoms with Crippen molar-refractivity contribution in [3.63, 3.8) is 0 Å². The van der Waals surface area contributed by atoms with Gasteiger partial charge in [-0.1, -0.05) is 24.3 Å². The van der Waals surface area contributed by atoms with Crippen molar-refractivity contribution in [3.05, 3.63) is 89.5 Å². The number of nitrogens with zero attached hydrogens (tertiary/aromatic N) is 1. The van der Waals surface area contributed by atoms with Crippen molar-refractivity contribution in [1.82, 2.24) is 4.90 Å². The molecule has 4 rings (SSSR count). The standard InChI is InChI=1S/C29H31FN4O5/c1-38-28(36)21-6-12-26(13-7-21)39-18-25-15-22(30)17-34(25)27(35)14-19-2-8-23(9-3-19)32-29(37)33-24-10-4-20(16-31)5-11-24/h2-13,22,25H,14-18,31H2,1H3,(H2,32,33,37)/t22-,25-/m0/s1. The summed E-state index contributed by atoms with van der Waals surface area (Å²) in [7, 11) is 1.31. The van der Waals surface area contributed by atoms with E-state index in [0.717, 1.165) is 11.1 Å². The summed E-state index contributed by atoms with van der Waals surface area (Å²) in [6.07, 6.45) is -0.837. The molecule has 0 radical (unpaired) electrons. The van der Waals surface area contributed by atoms with Gasteiger partial charge in [-0.15, -0.1) is 0 Å². The molecular formula is C29H31FN4O5. The zero-order chi connectivity index (χ0) is 27.8. The first-order valence-electron chi connectivity index (χ1n) is 12.5. The van der Waals surface area contributed by atoms with Crippen LogP contribution in [0.3, 0.4) is 0 Å². The number of nitrogens with one attached hydrogen (secondary N) is 2. The van der Waals surface area contributed by atoms with Gasteiger partial charge in [0.1, 0.15) is 18.5 Å². The number of esters is 1. The minimum atomic E-state index is -1.12. The van der Waals surface area contributed by atoms with E-state index in [1.807, 2.05) is 12.1 Å². The lowest BCUT2D eigenvalue weighted by Gasteiger charge is -2.24. The summed E-state index contributed by atoms with van der Waals surface area (Å²) in [5.74, 6) is -0.142. The number of carbonyl (C=O) groups is 3. The second-order valence-corrected chi connectivity index (χ2v) is 9.21. The maximum absolute atomic E-state index is 14.2. The molecule has 1 saturated heterocycles. The fourth-order valence-corrected chi connectivity index (χ4v) is 4.32. The molecule has 4 N–H and O–H groups in total. The zero-order valence-corrected chi connectivity index (χ0v) is 21.6. The molecule has 0 aromatic heterocycles. The predicted octanol–water partition coefficient (Wildman–Crippen LogP) is 4.14. The summed E-state index contributed by atoms with van der Waals surface area (Å²) in [6.45, 7) is 0.576. The minimum absolute atomic E-state index is 0.0141. The van der Waals surface area contributed by atoms with Crippen LogP contribution in [0.25, 0.3) is 0 Å². The van der Waals surface area contributed by atoms with Gasteiger partial charge in [0.2, 0.25) is 5.91 Å². The molecule has 0 spiro atoms. The average Bonchev–Trinajstić information content (AvgIpc) is 3.33. The van der Waals surface area contributed by atoms with Gasteiger partial charge >= 0.3 is 12.0 Å². The Morgan fingerprint density at radius 3 is 2.08 bits per heavy atom. The van der Waals surface area contributed by atoms with Crippen LogP contribution in [0.2, 0.25) is 0 Å². The second kappa shape index (κ2) is 12.9. The van der Waals surface area contributed by atoms with E-state index in [2.05, 4.69) is 15.4 Å². The number of likely N-dealkylation sites (tertiary alicyclic amines) is 1. The van der Waals surface area contributed by atoms with Gasteiger partial charge in [0.05, 0.1) is 31.7 Å². The SMILES string of the molecule is COC(=O)c1ccc(OC[C@@H]2C[C@H](F)CN2C(=O)Cc2ccc(NC(=O)Nc3ccc(CN)cc3)cc2)cc1. The van der Waals surface area contributed by atoms with Gasteiger partial charge < -0.3 is 30.7 Å². The summed E-state index contributed by atoms with van der Waals surface area (Å²) in [5, 5.41) is 5.50. The molecular weight excluding hydrogens is 503 g/mol. The molecule has 0 unspecified atom stereocenters. The smallest absolute Gasteiger partial charge is 0.337 e. The van der Waals surface area contributed by atoms with Crippen LogP contribution in [-0.4, -0.2) is 55.3 Å². The molecule has 2 atom stereocenters. The van der Waals surface area contributed by atoms with E-state index >= 15 is 0 Å². The van der Waals surface area contributed by atoms with Crippen molar-refractivity contribution in [2.75, 3.05) is 30.9 Å². The van der Waals surface area contributed by atoms with Crippen LogP contribution in [0.4, 0.5) is 20.6 Å². The van der Waals surface area contributed by atoms with E-state index in [4.69, 9.17) is 10.5 Å². The van der Waals surface area contributed by atoms with Gasteiger partial charge in [-0.05, 0) is 59.7 Å². The number of rotatable bonds is 9. The summed E-state index contributed by atoms with van der Waals surface area (Å²) >= 11 is 0. The van der Waals surface area contributed by atoms with Crippen LogP contribution in [-0.2, 0) is 22.5 Å². The Labute approximate surface area is 226 Å². The number of amides is 3. The van der Waals surface area contributed by atoms with Gasteiger partial charge in [0.15, 0.2) is 0 Å². The van der Waals surface area contributed by atoms with Crippen molar-refractivity contribution in [3.8, 4) is 5.75 Å². The van der Waals surface area contributed by atoms with E-state index in [9.17, 15) is 18.8 Å². The van der Waals surface area contributed by atoms with Crippen LogP contribution in [0.15, 0.2) is 72.8 Å². The van der Waals surface area contributed by atoms with Crippen molar-refractivity contribution < 1.29 is 28.2 Å². The Morgan fingerprint density at radius 1 is 0.923 bits per heavy atom. The molecule has 39 heavy (non-hydrogen) atoms. The molecule has 3 aromatic carbocycles. The molecule has 0 bridgehead atoms. The third kappa shape index (κ3) is 7.55. The first-order valence-corrected chi connectivity index (χ1v) is 12.5. The molecule has 0 saturated carbocycles. The van der Waals surface area contributed by atoms with Gasteiger partial charge in [0.25, 0.3) is 0 Å². The number of ether oxygens (including phenoxy) is 2. The largest absolute Gasteiger partial charge is 0.491 e. The molecule has 0 aliphatic carbocycles. The third-order valence-corrected chi connectivity index (χ3v) is 6.42. The van der Waals surface area contributed by atoms with E-state index in [1.54, 1.807) is 60.7 Å². The van der Waals surface area contributed by atoms with Crippen molar-refractivity contribution in [2.45, 2.75) is 31.6 Å². The van der Waals surface area contributed by atoms with E-state index < -0.39 is 24.2 Å². The van der Waals surface area contributed by atoms with Crippen LogP contribution in [0, 0.1) is 0 Å². The Kier molecular flexibility index (Phi) is 9.11. The number of methoxy groups -OCH3 is 1. The normalized spacial score (nSPS) is 16.4. The first-order chi connectivity index (χ1) is 18.8. The molecule has 1 fully saturated rings. The average molecular weight is 535 g/mol. The molecule has 3 aromatic rings. The van der Waals surface area contributed by atoms with Crippen LogP contribution in [0.5, 0.6) is 5.75 Å². The Hall–Kier alpha value is -4.44. The fourth-order valence-electron chi connectivity index (χ4n) is 4.32. The molecule has 10 heteroatoms. The Morgan fingerprint density at radius 2 is 1.51 bits per heavy atom. The molecule has 1 aliphatic heterocycles. The number of carbonyl (C=O) groups excluding carboxylic acids is 3. The third-order valence-electron chi connectivity index (χ3n) is 6.42. The highest BCUT2D eigenvalue weighted by Crippen LogP contribution is 2.24. The van der Waals surface area contributed by atoms with Crippen molar-refractivity contribution in [2.24, 2.45) is 5.73 Å². The molecule has 204 valence electrons. The number of urea groups is 1. The summed E-state index contributed by atoms with van der Waals surface area (Å²) in [4.78, 5) is 38.4. The monoisotopic (exact) mass is 534 g/mol. The molecule has 1 aliphatic rings. The van der Waals surface area contributed by atoms with E-state index in [0.29, 0.717) is 29.2 Å². The van der Waals surface area contributed by atoms with Crippen molar-refractivity contribution in [1.29, 1.82) is 0 Å². The lowest BCUT2D eigenvalue weighted by Crippen LogP contribution is -2.40. The van der Waals surface area contributed by atoms with Crippen LogP contribution >= 0.6 is 0 Å². The van der Waals surface area contributed by atoms with Gasteiger partial charge in [-0.3, -0.25) is 4.79 Å². The molecule has 1 heterocycles. The van der Waals surface area contributed by atoms with Gasteiger partial charge in [0, 0.05) is 24.3 Å². The Bertz CT molecular complexity index is 1280. The van der Waals surface area contributed by atoms with Crippen LogP contribution < -0.4 is 21.1 Å². The topological polar surface area (TPSA) is 123 Å². The molecule has 3 amide bonds. The number of hydrogen-bond donors (Lipinski definition) is 3. The fraction of sp³-hybridized carbons (Fsp3) is 0.276. The highest BCUT2D eigenvalue weighted by molar-refractivity contribution is 5.99. The molecule has 9 nitrogen and oxygen atoms in total. The lowest BCUT2D eigenvalue weighted by molar-refractivity contribution is -0.132. The summed E-state index contributed by atoms with van der Waals surface area (Å²) < 4.78 is 24.7. The number of benzene rings is 3. The van der Waals surface area contributed by atoms with Gasteiger partial charge in [-0.25, -0.2) is 14.0 Å². The van der Waals surface area contributed by atoms with Crippen molar-refractivity contribution >= 4 is 29.3 Å². The number of nitrogens with two attached hydrogens (primary N) is 1. The summed E-state index contributed by atoms with van der Waals surface area (Å²) in [6, 6.07) is 19.8. The maximum atomic E-state index is 14.2. The maximum Gasteiger partial charge on any atom is 0.337 e. The number of alkyl halides is 1. The quantitative estimate of drug-likeness (QED) is 0.355. The van der Waals surface area contributed by atoms with E-state index in [1.165, 1.54) is 12.0 Å². The lowest BCUT2D eigenvalue weighted by atomic mass is 10.1. The zero-order valence-electron chi connectivity index (χ0n) is 21.6. The highest BCUT2D eigenvalue weighted by Gasteiger charge is 2.35. The summed E-state index contributed by atoms with van der Waals surface area (Å²) in [5.41, 5.74) is 8.89. The highest BCUT2D eigenvalue weighted by atomic mass is 19.1. The number of halogens is 1. The minimum Gasteiger partial charge on any atom is -0.491 e. The Balaban J connectivity index is 1.28. The number of anilines is 2.